The maximum Gasteiger partial charge on any atom is 0.125 e. The molecule has 248 valence electrons. The summed E-state index contributed by atoms with van der Waals surface area (Å²) in [6, 6.07) is 4.67. The van der Waals surface area contributed by atoms with Crippen LogP contribution in [0, 0.1) is 28.6 Å². The number of aliphatic hydroxyl groups excluding tert-OH is 3. The van der Waals surface area contributed by atoms with Gasteiger partial charge < -0.3 is 30.3 Å². The van der Waals surface area contributed by atoms with Crippen molar-refractivity contribution in [3.63, 3.8) is 0 Å². The topological polar surface area (TPSA) is 110 Å². The van der Waals surface area contributed by atoms with E-state index in [1.165, 1.54) is 6.07 Å². The maximum atomic E-state index is 11.8. The number of fused-ring (bicyclic) bond motifs is 1. The minimum atomic E-state index is -0.856. The number of rotatable bonds is 11. The van der Waals surface area contributed by atoms with Gasteiger partial charge in [0.25, 0.3) is 0 Å². The zero-order valence-corrected chi connectivity index (χ0v) is 28.7. The van der Waals surface area contributed by atoms with Crippen molar-refractivity contribution in [3.8, 4) is 11.5 Å². The van der Waals surface area contributed by atoms with Gasteiger partial charge >= 0.3 is 0 Å². The molecule has 1 heterocycles. The predicted octanol–water partition coefficient (Wildman–Crippen LogP) is 10.4. The fraction of sp³-hybridized carbons (Fsp3) is 0.590. The third-order valence-electron chi connectivity index (χ3n) is 11.8. The van der Waals surface area contributed by atoms with Crippen LogP contribution < -0.4 is 0 Å². The second-order valence-electron chi connectivity index (χ2n) is 14.1. The van der Waals surface area contributed by atoms with Crippen LogP contribution in [0.5, 0.6) is 11.5 Å². The van der Waals surface area contributed by atoms with Crippen molar-refractivity contribution >= 4 is 0 Å². The summed E-state index contributed by atoms with van der Waals surface area (Å²) in [6.07, 6.45) is 13.6. The van der Waals surface area contributed by atoms with Crippen LogP contribution in [0.4, 0.5) is 0 Å². The Morgan fingerprint density at radius 1 is 1.02 bits per heavy atom. The molecular formula is C39H56O6. The molecule has 5 N–H and O–H groups in total. The van der Waals surface area contributed by atoms with Gasteiger partial charge in [-0.25, -0.2) is 0 Å². The Labute approximate surface area is 270 Å². The number of aromatic hydroxyl groups is 2. The standard InChI is InChI=1S/C39H56O6/c1-9-14-25(11-3)28-18-26(32(41)21-33(28)42)23-39(13-5,17-10-2)30-20-31-36(22-35(30)44)45-38(8,24(6)37(31,7)12-4)29-16-15-27(40)19-34(29)43/h10,15-17,19-21,24-26,36,40-44H,9,11-14,18,22-23H2,1-8H3/b17-10-. The molecule has 3 aliphatic rings. The number of hydrogen-bond acceptors (Lipinski definition) is 6. The number of benzene rings is 1. The Bertz CT molecular complexity index is 1410. The second-order valence-corrected chi connectivity index (χ2v) is 14.1. The third-order valence-corrected chi connectivity index (χ3v) is 11.8. The van der Waals surface area contributed by atoms with Crippen molar-refractivity contribution in [3.05, 3.63) is 82.1 Å². The molecule has 6 nitrogen and oxygen atoms in total. The molecule has 7 unspecified atom stereocenters. The lowest BCUT2D eigenvalue weighted by atomic mass is 9.57. The molecule has 6 heteroatoms. The van der Waals surface area contributed by atoms with E-state index in [2.05, 4.69) is 53.7 Å². The average Bonchev–Trinajstić information content (AvgIpc) is 2.99. The summed E-state index contributed by atoms with van der Waals surface area (Å²) >= 11 is 0. The van der Waals surface area contributed by atoms with Gasteiger partial charge in [-0.3, -0.25) is 0 Å². The van der Waals surface area contributed by atoms with Crippen molar-refractivity contribution in [2.45, 2.75) is 118 Å². The molecule has 0 bridgehead atoms. The lowest BCUT2D eigenvalue weighted by Gasteiger charge is -2.56. The smallest absolute Gasteiger partial charge is 0.125 e. The van der Waals surface area contributed by atoms with Crippen LogP contribution in [0.25, 0.3) is 0 Å². The van der Waals surface area contributed by atoms with E-state index >= 15 is 0 Å². The highest BCUT2D eigenvalue weighted by Gasteiger charge is 2.56. The summed E-state index contributed by atoms with van der Waals surface area (Å²) < 4.78 is 6.87. The van der Waals surface area contributed by atoms with Crippen molar-refractivity contribution in [1.29, 1.82) is 0 Å². The van der Waals surface area contributed by atoms with Gasteiger partial charge in [-0.05, 0) is 98.5 Å². The molecule has 0 aromatic heterocycles. The van der Waals surface area contributed by atoms with Crippen LogP contribution in [-0.4, -0.2) is 31.6 Å². The molecule has 1 aromatic carbocycles. The van der Waals surface area contributed by atoms with Gasteiger partial charge in [0.05, 0.1) is 23.2 Å². The zero-order chi connectivity index (χ0) is 33.3. The van der Waals surface area contributed by atoms with Gasteiger partial charge in [0.2, 0.25) is 0 Å². The van der Waals surface area contributed by atoms with E-state index in [-0.39, 0.29) is 58.0 Å². The molecule has 7 atom stereocenters. The Hall–Kier alpha value is -3.12. The lowest BCUT2D eigenvalue weighted by Crippen LogP contribution is -2.54. The van der Waals surface area contributed by atoms with Gasteiger partial charge in [-0.1, -0.05) is 66.2 Å². The summed E-state index contributed by atoms with van der Waals surface area (Å²) in [5.74, 6) is 0.723. The molecule has 0 saturated carbocycles. The Morgan fingerprint density at radius 3 is 2.31 bits per heavy atom. The third kappa shape index (κ3) is 6.07. The van der Waals surface area contributed by atoms with Crippen molar-refractivity contribution < 1.29 is 30.3 Å². The van der Waals surface area contributed by atoms with E-state index in [9.17, 15) is 25.5 Å². The van der Waals surface area contributed by atoms with Gasteiger partial charge in [0, 0.05) is 35.5 Å². The largest absolute Gasteiger partial charge is 0.512 e. The van der Waals surface area contributed by atoms with Crippen LogP contribution in [0.15, 0.2) is 76.5 Å². The number of aliphatic hydroxyl groups is 3. The number of ether oxygens (including phenoxy) is 1. The predicted molar refractivity (Wildman–Crippen MR) is 181 cm³/mol. The Balaban J connectivity index is 1.77. The minimum absolute atomic E-state index is 0.00262. The molecule has 2 aliphatic carbocycles. The van der Waals surface area contributed by atoms with E-state index in [1.807, 2.05) is 19.9 Å². The highest BCUT2D eigenvalue weighted by atomic mass is 16.5. The lowest BCUT2D eigenvalue weighted by molar-refractivity contribution is -0.172. The monoisotopic (exact) mass is 620 g/mol. The number of phenols is 2. The maximum absolute atomic E-state index is 11.8. The molecule has 1 saturated heterocycles. The van der Waals surface area contributed by atoms with Crippen LogP contribution in [-0.2, 0) is 10.3 Å². The molecule has 1 fully saturated rings. The molecule has 0 spiro atoms. The molecule has 0 amide bonds. The normalized spacial score (nSPS) is 31.0. The van der Waals surface area contributed by atoms with Crippen LogP contribution in [0.3, 0.4) is 0 Å². The molecule has 1 aliphatic heterocycles. The van der Waals surface area contributed by atoms with Crippen LogP contribution in [0.2, 0.25) is 0 Å². The van der Waals surface area contributed by atoms with Crippen LogP contribution in [0.1, 0.15) is 112 Å². The summed E-state index contributed by atoms with van der Waals surface area (Å²) in [7, 11) is 0. The fourth-order valence-corrected chi connectivity index (χ4v) is 8.63. The first-order valence-electron chi connectivity index (χ1n) is 17.1. The average molecular weight is 621 g/mol. The van der Waals surface area contributed by atoms with Gasteiger partial charge in [-0.2, -0.15) is 0 Å². The van der Waals surface area contributed by atoms with Gasteiger partial charge in [0.1, 0.15) is 17.3 Å². The van der Waals surface area contributed by atoms with E-state index in [0.717, 1.165) is 48.8 Å². The number of hydrogen-bond donors (Lipinski definition) is 5. The minimum Gasteiger partial charge on any atom is -0.512 e. The van der Waals surface area contributed by atoms with Crippen LogP contribution >= 0.6 is 0 Å². The Morgan fingerprint density at radius 2 is 1.73 bits per heavy atom. The van der Waals surface area contributed by atoms with Crippen molar-refractivity contribution in [2.24, 2.45) is 28.6 Å². The molecular weight excluding hydrogens is 564 g/mol. The first-order chi connectivity index (χ1) is 21.2. The summed E-state index contributed by atoms with van der Waals surface area (Å²) in [4.78, 5) is 0. The molecule has 0 radical (unpaired) electrons. The second kappa shape index (κ2) is 13.3. The van der Waals surface area contributed by atoms with E-state index in [4.69, 9.17) is 4.74 Å². The first-order valence-corrected chi connectivity index (χ1v) is 17.1. The van der Waals surface area contributed by atoms with E-state index in [1.54, 1.807) is 18.2 Å². The molecule has 4 rings (SSSR count). The highest BCUT2D eigenvalue weighted by Crippen LogP contribution is 2.60. The zero-order valence-electron chi connectivity index (χ0n) is 28.7. The fourth-order valence-electron chi connectivity index (χ4n) is 8.63. The summed E-state index contributed by atoms with van der Waals surface area (Å²) in [6.45, 7) is 17.1. The van der Waals surface area contributed by atoms with Gasteiger partial charge in [-0.15, -0.1) is 0 Å². The quantitative estimate of drug-likeness (QED) is 0.157. The SMILES string of the molecule is C/C=C\C(CC)(CC1CC(C(CC)CCC)=C(O)C=C1O)C1=C(O)CC2OC(C)(c3ccc(O)cc3O)C(C)C(C)(CC)C2=C1. The van der Waals surface area contributed by atoms with Gasteiger partial charge in [0.15, 0.2) is 0 Å². The van der Waals surface area contributed by atoms with Crippen molar-refractivity contribution in [1.82, 2.24) is 0 Å². The number of phenolic OH excluding ortho intramolecular Hbond substituents is 2. The highest BCUT2D eigenvalue weighted by molar-refractivity contribution is 5.48. The Kier molecular flexibility index (Phi) is 10.3. The van der Waals surface area contributed by atoms with Crippen molar-refractivity contribution in [2.75, 3.05) is 0 Å². The van der Waals surface area contributed by atoms with E-state index in [0.29, 0.717) is 24.8 Å². The molecule has 1 aromatic rings. The molecule has 45 heavy (non-hydrogen) atoms. The summed E-state index contributed by atoms with van der Waals surface area (Å²) in [5.41, 5.74) is 1.95. The first kappa shape index (κ1) is 34.7. The number of allylic oxidation sites excluding steroid dienone is 7. The summed E-state index contributed by atoms with van der Waals surface area (Å²) in [5, 5.41) is 54.7. The van der Waals surface area contributed by atoms with E-state index < -0.39 is 11.0 Å².